The lowest BCUT2D eigenvalue weighted by Gasteiger charge is -2.14. The van der Waals surface area contributed by atoms with Crippen molar-refractivity contribution in [2.45, 2.75) is 6.42 Å². The third-order valence-corrected chi connectivity index (χ3v) is 4.19. The summed E-state index contributed by atoms with van der Waals surface area (Å²) in [4.78, 5) is 14.5. The van der Waals surface area contributed by atoms with E-state index in [4.69, 9.17) is 21.1 Å². The van der Waals surface area contributed by atoms with Gasteiger partial charge in [-0.25, -0.2) is 0 Å². The minimum atomic E-state index is -0.133. The predicted molar refractivity (Wildman–Crippen MR) is 109 cm³/mol. The van der Waals surface area contributed by atoms with E-state index >= 15 is 0 Å². The van der Waals surface area contributed by atoms with Gasteiger partial charge in [-0.05, 0) is 41.8 Å². The maximum atomic E-state index is 12.7. The molecule has 0 radical (unpaired) electrons. The van der Waals surface area contributed by atoms with Crippen molar-refractivity contribution in [3.05, 3.63) is 64.8 Å². The van der Waals surface area contributed by atoms with Gasteiger partial charge in [0.2, 0.25) is 0 Å². The van der Waals surface area contributed by atoms with Crippen LogP contribution in [0.4, 0.5) is 0 Å². The van der Waals surface area contributed by atoms with Gasteiger partial charge < -0.3 is 19.7 Å². The van der Waals surface area contributed by atoms with Crippen LogP contribution in [0.15, 0.2) is 48.7 Å². The standard InChI is InChI=1S/C21H25ClN2O3/c1-24(2)14-18(16-6-8-17(22)9-7-16)21(25)23-12-11-15-5-10-19(26-3)20(13-15)27-4/h5-10,13-14H,11-12H2,1-4H3,(H,23,25). The predicted octanol–water partition coefficient (Wildman–Crippen LogP) is 3.62. The highest BCUT2D eigenvalue weighted by Crippen LogP contribution is 2.27. The van der Waals surface area contributed by atoms with Crippen molar-refractivity contribution in [2.75, 3.05) is 34.9 Å². The van der Waals surface area contributed by atoms with Crippen molar-refractivity contribution in [1.82, 2.24) is 10.2 Å². The Labute approximate surface area is 165 Å². The number of benzene rings is 2. The van der Waals surface area contributed by atoms with Crippen LogP contribution in [-0.4, -0.2) is 45.7 Å². The van der Waals surface area contributed by atoms with Crippen molar-refractivity contribution in [1.29, 1.82) is 0 Å². The van der Waals surface area contributed by atoms with E-state index in [0.29, 0.717) is 35.1 Å². The molecule has 0 aliphatic heterocycles. The number of amides is 1. The molecule has 2 aromatic carbocycles. The molecule has 0 saturated heterocycles. The number of methoxy groups -OCH3 is 2. The van der Waals surface area contributed by atoms with Gasteiger partial charge in [0, 0.05) is 31.9 Å². The van der Waals surface area contributed by atoms with E-state index < -0.39 is 0 Å². The molecule has 0 saturated carbocycles. The van der Waals surface area contributed by atoms with Crippen LogP contribution < -0.4 is 14.8 Å². The molecule has 144 valence electrons. The number of rotatable bonds is 8. The van der Waals surface area contributed by atoms with Crippen LogP contribution >= 0.6 is 11.6 Å². The largest absolute Gasteiger partial charge is 0.493 e. The molecule has 0 spiro atoms. The minimum Gasteiger partial charge on any atom is -0.493 e. The Balaban J connectivity index is 2.05. The fourth-order valence-corrected chi connectivity index (χ4v) is 2.73. The molecule has 2 rings (SSSR count). The molecule has 5 nitrogen and oxygen atoms in total. The van der Waals surface area contributed by atoms with Crippen LogP contribution in [0.25, 0.3) is 5.57 Å². The normalized spacial score (nSPS) is 11.1. The third-order valence-electron chi connectivity index (χ3n) is 3.93. The van der Waals surface area contributed by atoms with E-state index in [1.807, 2.05) is 49.3 Å². The first-order valence-corrected chi connectivity index (χ1v) is 8.95. The number of carbonyl (C=O) groups excluding carboxylic acids is 1. The Morgan fingerprint density at radius 3 is 2.33 bits per heavy atom. The fourth-order valence-electron chi connectivity index (χ4n) is 2.60. The lowest BCUT2D eigenvalue weighted by molar-refractivity contribution is -0.115. The van der Waals surface area contributed by atoms with Gasteiger partial charge in [-0.3, -0.25) is 4.79 Å². The van der Waals surface area contributed by atoms with Crippen molar-refractivity contribution >= 4 is 23.1 Å². The number of carbonyl (C=O) groups is 1. The molecule has 2 aromatic rings. The molecule has 0 aliphatic rings. The molecule has 1 N–H and O–H groups in total. The van der Waals surface area contributed by atoms with Gasteiger partial charge in [-0.2, -0.15) is 0 Å². The number of nitrogens with one attached hydrogen (secondary N) is 1. The van der Waals surface area contributed by atoms with Gasteiger partial charge in [0.15, 0.2) is 11.5 Å². The smallest absolute Gasteiger partial charge is 0.253 e. The average Bonchev–Trinajstić information content (AvgIpc) is 2.66. The zero-order chi connectivity index (χ0) is 19.8. The highest BCUT2D eigenvalue weighted by molar-refractivity contribution is 6.30. The van der Waals surface area contributed by atoms with E-state index in [1.165, 1.54) is 0 Å². The zero-order valence-corrected chi connectivity index (χ0v) is 16.8. The number of hydrogen-bond donors (Lipinski definition) is 1. The van der Waals surface area contributed by atoms with Crippen LogP contribution in [-0.2, 0) is 11.2 Å². The Morgan fingerprint density at radius 2 is 1.74 bits per heavy atom. The third kappa shape index (κ3) is 5.93. The van der Waals surface area contributed by atoms with Crippen molar-refractivity contribution in [3.63, 3.8) is 0 Å². The lowest BCUT2D eigenvalue weighted by atomic mass is 10.1. The van der Waals surface area contributed by atoms with Gasteiger partial charge in [0.25, 0.3) is 5.91 Å². The summed E-state index contributed by atoms with van der Waals surface area (Å²) < 4.78 is 10.6. The van der Waals surface area contributed by atoms with Gasteiger partial charge in [0.05, 0.1) is 19.8 Å². The van der Waals surface area contributed by atoms with Crippen molar-refractivity contribution in [3.8, 4) is 11.5 Å². The highest BCUT2D eigenvalue weighted by Gasteiger charge is 2.13. The van der Waals surface area contributed by atoms with E-state index in [2.05, 4.69) is 5.32 Å². The summed E-state index contributed by atoms with van der Waals surface area (Å²) in [6.45, 7) is 0.507. The number of halogens is 1. The zero-order valence-electron chi connectivity index (χ0n) is 16.1. The van der Waals surface area contributed by atoms with Gasteiger partial charge >= 0.3 is 0 Å². The van der Waals surface area contributed by atoms with Crippen molar-refractivity contribution < 1.29 is 14.3 Å². The molecule has 1 amide bonds. The molecule has 0 fully saturated rings. The average molecular weight is 389 g/mol. The molecular weight excluding hydrogens is 364 g/mol. The molecule has 0 unspecified atom stereocenters. The maximum absolute atomic E-state index is 12.7. The Bertz CT molecular complexity index is 802. The number of nitrogens with zero attached hydrogens (tertiary/aromatic N) is 1. The second kappa shape index (κ2) is 9.88. The molecule has 0 bridgehead atoms. The summed E-state index contributed by atoms with van der Waals surface area (Å²) in [5, 5.41) is 3.61. The monoisotopic (exact) mass is 388 g/mol. The minimum absolute atomic E-state index is 0.133. The number of ether oxygens (including phenoxy) is 2. The molecule has 0 aliphatic carbocycles. The second-order valence-corrected chi connectivity index (χ2v) is 6.64. The Hall–Kier alpha value is -2.66. The summed E-state index contributed by atoms with van der Waals surface area (Å²) in [6.07, 6.45) is 2.48. The van der Waals surface area contributed by atoms with E-state index in [0.717, 1.165) is 11.1 Å². The summed E-state index contributed by atoms with van der Waals surface area (Å²) in [5.74, 6) is 1.23. The maximum Gasteiger partial charge on any atom is 0.253 e. The van der Waals surface area contributed by atoms with Crippen LogP contribution in [0.3, 0.4) is 0 Å². The molecule has 0 aromatic heterocycles. The SMILES string of the molecule is COc1ccc(CCNC(=O)C(=CN(C)C)c2ccc(Cl)cc2)cc1OC. The fraction of sp³-hybridized carbons (Fsp3) is 0.286. The summed E-state index contributed by atoms with van der Waals surface area (Å²) in [6, 6.07) is 13.0. The summed E-state index contributed by atoms with van der Waals surface area (Å²) in [7, 11) is 6.97. The van der Waals surface area contributed by atoms with E-state index in [9.17, 15) is 4.79 Å². The first-order valence-electron chi connectivity index (χ1n) is 8.58. The van der Waals surface area contributed by atoms with E-state index in [1.54, 1.807) is 32.6 Å². The molecule has 0 heterocycles. The Morgan fingerprint density at radius 1 is 1.07 bits per heavy atom. The van der Waals surface area contributed by atoms with Crippen LogP contribution in [0.2, 0.25) is 5.02 Å². The summed E-state index contributed by atoms with van der Waals surface area (Å²) in [5.41, 5.74) is 2.46. The topological polar surface area (TPSA) is 50.8 Å². The molecule has 6 heteroatoms. The quantitative estimate of drug-likeness (QED) is 0.702. The molecule has 27 heavy (non-hydrogen) atoms. The second-order valence-electron chi connectivity index (χ2n) is 6.21. The first-order chi connectivity index (χ1) is 12.9. The van der Waals surface area contributed by atoms with Crippen LogP contribution in [0.1, 0.15) is 11.1 Å². The first kappa shape index (κ1) is 20.6. The molecular formula is C21H25ClN2O3. The highest BCUT2D eigenvalue weighted by atomic mass is 35.5. The van der Waals surface area contributed by atoms with Crippen LogP contribution in [0.5, 0.6) is 11.5 Å². The van der Waals surface area contributed by atoms with Crippen molar-refractivity contribution in [2.24, 2.45) is 0 Å². The summed E-state index contributed by atoms with van der Waals surface area (Å²) >= 11 is 5.95. The van der Waals surface area contributed by atoms with E-state index in [-0.39, 0.29) is 5.91 Å². The van der Waals surface area contributed by atoms with Gasteiger partial charge in [-0.15, -0.1) is 0 Å². The van der Waals surface area contributed by atoms with Crippen LogP contribution in [0, 0.1) is 0 Å². The van der Waals surface area contributed by atoms with Gasteiger partial charge in [-0.1, -0.05) is 29.8 Å². The lowest BCUT2D eigenvalue weighted by Crippen LogP contribution is -2.27. The molecule has 0 atom stereocenters. The Kier molecular flexibility index (Phi) is 7.55. The number of hydrogen-bond acceptors (Lipinski definition) is 4. The van der Waals surface area contributed by atoms with Gasteiger partial charge in [0.1, 0.15) is 0 Å².